The summed E-state index contributed by atoms with van der Waals surface area (Å²) >= 11 is 0. The summed E-state index contributed by atoms with van der Waals surface area (Å²) in [4.78, 5) is 15.7. The van der Waals surface area contributed by atoms with Gasteiger partial charge in [0.15, 0.2) is 0 Å². The highest BCUT2D eigenvalue weighted by atomic mass is 16.2. The SMILES string of the molecule is CN1C(=O)N(C)C2CCCCCCCC21. The summed E-state index contributed by atoms with van der Waals surface area (Å²) in [7, 11) is 3.92. The van der Waals surface area contributed by atoms with Crippen molar-refractivity contribution in [3.63, 3.8) is 0 Å². The molecule has 2 amide bonds. The van der Waals surface area contributed by atoms with Gasteiger partial charge in [-0.05, 0) is 12.8 Å². The summed E-state index contributed by atoms with van der Waals surface area (Å²) in [5.74, 6) is 0. The molecule has 86 valence electrons. The van der Waals surface area contributed by atoms with Crippen LogP contribution >= 0.6 is 0 Å². The van der Waals surface area contributed by atoms with Crippen molar-refractivity contribution in [1.29, 1.82) is 0 Å². The number of likely N-dealkylation sites (N-methyl/N-ethyl adjacent to an activating group) is 2. The van der Waals surface area contributed by atoms with E-state index in [0.717, 1.165) is 0 Å². The van der Waals surface area contributed by atoms with Gasteiger partial charge >= 0.3 is 6.03 Å². The third-order valence-electron chi connectivity index (χ3n) is 4.04. The summed E-state index contributed by atoms with van der Waals surface area (Å²) in [6.07, 6.45) is 9.01. The third-order valence-corrected chi connectivity index (χ3v) is 4.04. The van der Waals surface area contributed by atoms with E-state index in [9.17, 15) is 4.79 Å². The molecule has 1 aliphatic heterocycles. The van der Waals surface area contributed by atoms with E-state index in [1.54, 1.807) is 0 Å². The minimum absolute atomic E-state index is 0.213. The van der Waals surface area contributed by atoms with Crippen molar-refractivity contribution < 1.29 is 4.79 Å². The molecular formula is C12H22N2O. The van der Waals surface area contributed by atoms with Crippen molar-refractivity contribution in [3.8, 4) is 0 Å². The van der Waals surface area contributed by atoms with Gasteiger partial charge in [0.2, 0.25) is 0 Å². The van der Waals surface area contributed by atoms with Crippen LogP contribution in [-0.2, 0) is 0 Å². The van der Waals surface area contributed by atoms with Gasteiger partial charge in [0.25, 0.3) is 0 Å². The average molecular weight is 210 g/mol. The molecule has 1 aliphatic carbocycles. The van der Waals surface area contributed by atoms with Crippen LogP contribution in [0.15, 0.2) is 0 Å². The molecule has 3 heteroatoms. The van der Waals surface area contributed by atoms with Crippen LogP contribution in [0.4, 0.5) is 4.79 Å². The predicted molar refractivity (Wildman–Crippen MR) is 60.8 cm³/mol. The highest BCUT2D eigenvalue weighted by molar-refractivity contribution is 5.77. The Hall–Kier alpha value is -0.730. The summed E-state index contributed by atoms with van der Waals surface area (Å²) in [5, 5.41) is 0. The number of hydrogen-bond donors (Lipinski definition) is 0. The molecule has 2 fully saturated rings. The van der Waals surface area contributed by atoms with Gasteiger partial charge < -0.3 is 9.80 Å². The second-order valence-corrected chi connectivity index (χ2v) is 4.98. The van der Waals surface area contributed by atoms with Crippen LogP contribution in [-0.4, -0.2) is 42.0 Å². The minimum Gasteiger partial charge on any atom is -0.323 e. The Morgan fingerprint density at radius 1 is 0.867 bits per heavy atom. The molecule has 1 saturated heterocycles. The topological polar surface area (TPSA) is 23.6 Å². The normalized spacial score (nSPS) is 33.3. The van der Waals surface area contributed by atoms with E-state index in [0.29, 0.717) is 12.1 Å². The molecule has 1 saturated carbocycles. The van der Waals surface area contributed by atoms with Crippen LogP contribution in [0.2, 0.25) is 0 Å². The fourth-order valence-corrected chi connectivity index (χ4v) is 3.06. The number of rotatable bonds is 0. The number of nitrogens with zero attached hydrogens (tertiary/aromatic N) is 2. The third kappa shape index (κ3) is 1.97. The molecule has 0 aromatic carbocycles. The molecule has 1 heterocycles. The molecule has 2 atom stereocenters. The zero-order chi connectivity index (χ0) is 10.8. The second-order valence-electron chi connectivity index (χ2n) is 4.98. The van der Waals surface area contributed by atoms with Gasteiger partial charge in [-0.25, -0.2) is 4.79 Å². The molecule has 2 unspecified atom stereocenters. The molecule has 0 spiro atoms. The quantitative estimate of drug-likeness (QED) is 0.602. The zero-order valence-corrected chi connectivity index (χ0v) is 9.91. The Labute approximate surface area is 92.4 Å². The van der Waals surface area contributed by atoms with Gasteiger partial charge in [-0.1, -0.05) is 32.1 Å². The van der Waals surface area contributed by atoms with Crippen LogP contribution in [0.3, 0.4) is 0 Å². The molecule has 15 heavy (non-hydrogen) atoms. The van der Waals surface area contributed by atoms with Gasteiger partial charge in [0, 0.05) is 14.1 Å². The van der Waals surface area contributed by atoms with Crippen LogP contribution in [0, 0.1) is 0 Å². The van der Waals surface area contributed by atoms with E-state index in [2.05, 4.69) is 0 Å². The van der Waals surface area contributed by atoms with Crippen LogP contribution in [0.25, 0.3) is 0 Å². The van der Waals surface area contributed by atoms with Crippen molar-refractivity contribution in [2.75, 3.05) is 14.1 Å². The van der Waals surface area contributed by atoms with Crippen molar-refractivity contribution in [2.45, 2.75) is 57.0 Å². The zero-order valence-electron chi connectivity index (χ0n) is 9.91. The molecule has 0 radical (unpaired) electrons. The molecule has 0 aromatic rings. The molecule has 2 aliphatic rings. The lowest BCUT2D eigenvalue weighted by Crippen LogP contribution is -2.34. The first-order chi connectivity index (χ1) is 7.22. The molecule has 0 N–H and O–H groups in total. The van der Waals surface area contributed by atoms with E-state index in [1.807, 2.05) is 23.9 Å². The Kier molecular flexibility index (Phi) is 3.17. The van der Waals surface area contributed by atoms with E-state index < -0.39 is 0 Å². The van der Waals surface area contributed by atoms with Crippen LogP contribution in [0.5, 0.6) is 0 Å². The fraction of sp³-hybridized carbons (Fsp3) is 0.917. The number of urea groups is 1. The maximum atomic E-state index is 11.8. The van der Waals surface area contributed by atoms with Crippen LogP contribution in [0.1, 0.15) is 44.9 Å². The highest BCUT2D eigenvalue weighted by Gasteiger charge is 2.40. The Bertz CT molecular complexity index is 220. The molecule has 3 nitrogen and oxygen atoms in total. The molecule has 0 bridgehead atoms. The number of fused-ring (bicyclic) bond motifs is 1. The largest absolute Gasteiger partial charge is 0.323 e. The van der Waals surface area contributed by atoms with E-state index >= 15 is 0 Å². The molecule has 0 aromatic heterocycles. The molecular weight excluding hydrogens is 188 g/mol. The minimum atomic E-state index is 0.213. The number of carbonyl (C=O) groups is 1. The Balaban J connectivity index is 2.10. The number of amides is 2. The van der Waals surface area contributed by atoms with Crippen LogP contribution < -0.4 is 0 Å². The lowest BCUT2D eigenvalue weighted by atomic mass is 9.99. The monoisotopic (exact) mass is 210 g/mol. The highest BCUT2D eigenvalue weighted by Crippen LogP contribution is 2.29. The Morgan fingerprint density at radius 2 is 1.27 bits per heavy atom. The summed E-state index contributed by atoms with van der Waals surface area (Å²) in [5.41, 5.74) is 0. The van der Waals surface area contributed by atoms with Gasteiger partial charge in [-0.3, -0.25) is 0 Å². The van der Waals surface area contributed by atoms with Crippen molar-refractivity contribution in [1.82, 2.24) is 9.80 Å². The van der Waals surface area contributed by atoms with Gasteiger partial charge in [-0.15, -0.1) is 0 Å². The first-order valence-corrected chi connectivity index (χ1v) is 6.21. The van der Waals surface area contributed by atoms with Crippen molar-refractivity contribution >= 4 is 6.03 Å². The summed E-state index contributed by atoms with van der Waals surface area (Å²) in [6.45, 7) is 0. The predicted octanol–water partition coefficient (Wildman–Crippen LogP) is 2.47. The summed E-state index contributed by atoms with van der Waals surface area (Å²) in [6, 6.07) is 1.16. The van der Waals surface area contributed by atoms with E-state index in [-0.39, 0.29) is 6.03 Å². The smallest absolute Gasteiger partial charge is 0.320 e. The maximum Gasteiger partial charge on any atom is 0.320 e. The first kappa shape index (κ1) is 10.8. The lowest BCUT2D eigenvalue weighted by molar-refractivity contribution is 0.198. The van der Waals surface area contributed by atoms with Crippen molar-refractivity contribution in [2.24, 2.45) is 0 Å². The van der Waals surface area contributed by atoms with E-state index in [1.165, 1.54) is 44.9 Å². The van der Waals surface area contributed by atoms with Gasteiger partial charge in [-0.2, -0.15) is 0 Å². The van der Waals surface area contributed by atoms with Crippen molar-refractivity contribution in [3.05, 3.63) is 0 Å². The molecule has 2 rings (SSSR count). The van der Waals surface area contributed by atoms with Gasteiger partial charge in [0.1, 0.15) is 0 Å². The Morgan fingerprint density at radius 3 is 1.73 bits per heavy atom. The standard InChI is InChI=1S/C12H22N2O/c1-13-10-8-6-4-3-5-7-9-11(10)14(2)12(13)15/h10-11H,3-9H2,1-2H3. The fourth-order valence-electron chi connectivity index (χ4n) is 3.06. The number of carbonyl (C=O) groups excluding carboxylic acids is 1. The summed E-state index contributed by atoms with van der Waals surface area (Å²) < 4.78 is 0. The number of hydrogen-bond acceptors (Lipinski definition) is 1. The lowest BCUT2D eigenvalue weighted by Gasteiger charge is -2.24. The second kappa shape index (κ2) is 4.42. The maximum absolute atomic E-state index is 11.8. The van der Waals surface area contributed by atoms with Gasteiger partial charge in [0.05, 0.1) is 12.1 Å². The average Bonchev–Trinajstić information content (AvgIpc) is 2.51. The van der Waals surface area contributed by atoms with E-state index in [4.69, 9.17) is 0 Å². The first-order valence-electron chi connectivity index (χ1n) is 6.21.